The number of hydrogen-bond donors (Lipinski definition) is 1. The summed E-state index contributed by atoms with van der Waals surface area (Å²) in [5, 5.41) is 6.86. The lowest BCUT2D eigenvalue weighted by atomic mass is 10.1. The Morgan fingerprint density at radius 1 is 1.11 bits per heavy atom. The van der Waals surface area contributed by atoms with Crippen LogP contribution in [-0.4, -0.2) is 18.1 Å². The van der Waals surface area contributed by atoms with Crippen molar-refractivity contribution < 1.29 is 0 Å². The van der Waals surface area contributed by atoms with Gasteiger partial charge in [-0.15, -0.1) is 11.3 Å². The third-order valence-corrected chi connectivity index (χ3v) is 4.54. The van der Waals surface area contributed by atoms with Gasteiger partial charge in [0.15, 0.2) is 0 Å². The van der Waals surface area contributed by atoms with Crippen LogP contribution in [0.15, 0.2) is 11.6 Å². The monoisotopic (exact) mass is 282 g/mol. The summed E-state index contributed by atoms with van der Waals surface area (Å²) in [5.74, 6) is 0.550. The van der Waals surface area contributed by atoms with E-state index in [-0.39, 0.29) is 0 Å². The second-order valence-corrected chi connectivity index (χ2v) is 6.38. The summed E-state index contributed by atoms with van der Waals surface area (Å²) in [6, 6.07) is 0. The molecule has 0 aliphatic heterocycles. The first-order chi connectivity index (χ1) is 9.34. The molecule has 0 saturated heterocycles. The molecule has 0 spiro atoms. The Bertz CT molecular complexity index is 285. The van der Waals surface area contributed by atoms with Gasteiger partial charge < -0.3 is 5.32 Å². The van der Waals surface area contributed by atoms with Crippen LogP contribution in [0.5, 0.6) is 0 Å². The van der Waals surface area contributed by atoms with Crippen molar-refractivity contribution >= 4 is 11.3 Å². The zero-order valence-electron chi connectivity index (χ0n) is 12.7. The van der Waals surface area contributed by atoms with Gasteiger partial charge in [-0.05, 0) is 13.0 Å². The Balaban J connectivity index is 1.83. The molecule has 1 heterocycles. The first-order valence-corrected chi connectivity index (χ1v) is 8.82. The standard InChI is InChI=1S/C16H30N2S/c1-3-4-5-6-7-8-9-10-11-17-14-15(2)16-18-12-13-19-16/h12-13,15,17H,3-11,14H2,1-2H3. The summed E-state index contributed by atoms with van der Waals surface area (Å²) >= 11 is 1.76. The van der Waals surface area contributed by atoms with Gasteiger partial charge >= 0.3 is 0 Å². The fraction of sp³-hybridized carbons (Fsp3) is 0.812. The third-order valence-electron chi connectivity index (χ3n) is 3.53. The Hall–Kier alpha value is -0.410. The first kappa shape index (κ1) is 16.6. The maximum atomic E-state index is 4.36. The molecule has 0 aliphatic carbocycles. The lowest BCUT2D eigenvalue weighted by Gasteiger charge is -2.09. The van der Waals surface area contributed by atoms with Crippen molar-refractivity contribution in [3.05, 3.63) is 16.6 Å². The number of aromatic nitrogens is 1. The van der Waals surface area contributed by atoms with Crippen molar-refractivity contribution in [2.45, 2.75) is 71.1 Å². The van der Waals surface area contributed by atoms with Crippen LogP contribution >= 0.6 is 11.3 Å². The molecule has 110 valence electrons. The molecule has 1 atom stereocenters. The second kappa shape index (κ2) is 11.4. The molecule has 0 saturated carbocycles. The quantitative estimate of drug-likeness (QED) is 0.547. The van der Waals surface area contributed by atoms with E-state index in [9.17, 15) is 0 Å². The van der Waals surface area contributed by atoms with E-state index in [4.69, 9.17) is 0 Å². The van der Waals surface area contributed by atoms with E-state index < -0.39 is 0 Å². The number of rotatable bonds is 12. The van der Waals surface area contributed by atoms with E-state index in [1.54, 1.807) is 11.3 Å². The molecule has 1 aromatic rings. The summed E-state index contributed by atoms with van der Waals surface area (Å²) in [7, 11) is 0. The van der Waals surface area contributed by atoms with Crippen LogP contribution < -0.4 is 5.32 Å². The molecule has 2 nitrogen and oxygen atoms in total. The number of unbranched alkanes of at least 4 members (excludes halogenated alkanes) is 7. The van der Waals surface area contributed by atoms with E-state index in [0.29, 0.717) is 5.92 Å². The molecule has 19 heavy (non-hydrogen) atoms. The average Bonchev–Trinajstić information content (AvgIpc) is 2.95. The van der Waals surface area contributed by atoms with E-state index in [1.165, 1.54) is 56.4 Å². The van der Waals surface area contributed by atoms with Crippen LogP contribution in [0.2, 0.25) is 0 Å². The summed E-state index contributed by atoms with van der Waals surface area (Å²) in [4.78, 5) is 4.36. The normalized spacial score (nSPS) is 12.7. The van der Waals surface area contributed by atoms with Crippen LogP contribution in [0, 0.1) is 0 Å². The largest absolute Gasteiger partial charge is 0.316 e. The fourth-order valence-corrected chi connectivity index (χ4v) is 2.97. The lowest BCUT2D eigenvalue weighted by molar-refractivity contribution is 0.542. The van der Waals surface area contributed by atoms with Crippen molar-refractivity contribution in [3.8, 4) is 0 Å². The maximum absolute atomic E-state index is 4.36. The molecular weight excluding hydrogens is 252 g/mol. The molecule has 1 unspecified atom stereocenters. The van der Waals surface area contributed by atoms with E-state index in [0.717, 1.165) is 13.1 Å². The zero-order valence-corrected chi connectivity index (χ0v) is 13.5. The molecule has 0 aliphatic rings. The van der Waals surface area contributed by atoms with Crippen molar-refractivity contribution in [1.29, 1.82) is 0 Å². The molecule has 1 aromatic heterocycles. The number of nitrogens with one attached hydrogen (secondary N) is 1. The maximum Gasteiger partial charge on any atom is 0.0965 e. The molecular formula is C16H30N2S. The van der Waals surface area contributed by atoms with E-state index in [2.05, 4.69) is 29.5 Å². The van der Waals surface area contributed by atoms with Gasteiger partial charge in [0.05, 0.1) is 5.01 Å². The number of hydrogen-bond acceptors (Lipinski definition) is 3. The SMILES string of the molecule is CCCCCCCCCCNCC(C)c1nccs1. The summed E-state index contributed by atoms with van der Waals surface area (Å²) in [5.41, 5.74) is 0. The van der Waals surface area contributed by atoms with Crippen LogP contribution in [0.3, 0.4) is 0 Å². The number of thiazole rings is 1. The van der Waals surface area contributed by atoms with Gasteiger partial charge in [-0.25, -0.2) is 4.98 Å². The van der Waals surface area contributed by atoms with Gasteiger partial charge in [0.2, 0.25) is 0 Å². The highest BCUT2D eigenvalue weighted by Crippen LogP contribution is 2.16. The van der Waals surface area contributed by atoms with Gasteiger partial charge in [0, 0.05) is 24.0 Å². The second-order valence-electron chi connectivity index (χ2n) is 5.45. The topological polar surface area (TPSA) is 24.9 Å². The molecule has 1 rings (SSSR count). The summed E-state index contributed by atoms with van der Waals surface area (Å²) in [6.07, 6.45) is 13.1. The Kier molecular flexibility index (Phi) is 10.0. The third kappa shape index (κ3) is 8.38. The molecule has 0 fully saturated rings. The van der Waals surface area contributed by atoms with Gasteiger partial charge in [-0.1, -0.05) is 58.8 Å². The summed E-state index contributed by atoms with van der Waals surface area (Å²) in [6.45, 7) is 6.74. The van der Waals surface area contributed by atoms with Crippen LogP contribution in [0.25, 0.3) is 0 Å². The smallest absolute Gasteiger partial charge is 0.0965 e. The molecule has 0 aromatic carbocycles. The predicted molar refractivity (Wildman–Crippen MR) is 86.0 cm³/mol. The van der Waals surface area contributed by atoms with Crippen molar-refractivity contribution in [3.63, 3.8) is 0 Å². The minimum atomic E-state index is 0.550. The van der Waals surface area contributed by atoms with Gasteiger partial charge in [-0.3, -0.25) is 0 Å². The summed E-state index contributed by atoms with van der Waals surface area (Å²) < 4.78 is 0. The van der Waals surface area contributed by atoms with Crippen molar-refractivity contribution in [2.24, 2.45) is 0 Å². The molecule has 0 amide bonds. The van der Waals surface area contributed by atoms with Gasteiger partial charge in [-0.2, -0.15) is 0 Å². The van der Waals surface area contributed by atoms with E-state index in [1.807, 2.05) is 6.20 Å². The molecule has 0 bridgehead atoms. The molecule has 0 radical (unpaired) electrons. The highest BCUT2D eigenvalue weighted by Gasteiger charge is 2.06. The molecule has 3 heteroatoms. The molecule has 1 N–H and O–H groups in total. The minimum absolute atomic E-state index is 0.550. The highest BCUT2D eigenvalue weighted by atomic mass is 32.1. The predicted octanol–water partition coefficient (Wildman–Crippen LogP) is 4.98. The average molecular weight is 282 g/mol. The van der Waals surface area contributed by atoms with Crippen LogP contribution in [0.4, 0.5) is 0 Å². The van der Waals surface area contributed by atoms with Gasteiger partial charge in [0.1, 0.15) is 0 Å². The minimum Gasteiger partial charge on any atom is -0.316 e. The van der Waals surface area contributed by atoms with Crippen molar-refractivity contribution in [1.82, 2.24) is 10.3 Å². The lowest BCUT2D eigenvalue weighted by Crippen LogP contribution is -2.21. The van der Waals surface area contributed by atoms with E-state index >= 15 is 0 Å². The highest BCUT2D eigenvalue weighted by molar-refractivity contribution is 7.09. The Morgan fingerprint density at radius 2 is 1.79 bits per heavy atom. The van der Waals surface area contributed by atoms with Crippen LogP contribution in [-0.2, 0) is 0 Å². The van der Waals surface area contributed by atoms with Crippen LogP contribution in [0.1, 0.15) is 76.1 Å². The van der Waals surface area contributed by atoms with Gasteiger partial charge in [0.25, 0.3) is 0 Å². The number of nitrogens with zero attached hydrogens (tertiary/aromatic N) is 1. The first-order valence-electron chi connectivity index (χ1n) is 7.94. The van der Waals surface area contributed by atoms with Crippen molar-refractivity contribution in [2.75, 3.05) is 13.1 Å². The Labute approximate surface area is 123 Å². The fourth-order valence-electron chi connectivity index (χ4n) is 2.27. The zero-order chi connectivity index (χ0) is 13.8. The Morgan fingerprint density at radius 3 is 2.42 bits per heavy atom.